The van der Waals surface area contributed by atoms with Gasteiger partial charge >= 0.3 is 5.97 Å². The molecule has 0 aromatic rings. The van der Waals surface area contributed by atoms with Crippen molar-refractivity contribution in [2.24, 2.45) is 28.1 Å². The molecule has 0 saturated carbocycles. The van der Waals surface area contributed by atoms with Crippen molar-refractivity contribution in [3.8, 4) is 0 Å². The molecule has 3 amide bonds. The van der Waals surface area contributed by atoms with Crippen LogP contribution in [0.1, 0.15) is 46.0 Å². The van der Waals surface area contributed by atoms with Crippen LogP contribution in [0.3, 0.4) is 0 Å². The quantitative estimate of drug-likeness (QED) is 0.0850. The second-order valence-corrected chi connectivity index (χ2v) is 8.19. The minimum Gasteiger partial charge on any atom is -0.480 e. The number of aliphatic imine (C=N–C) groups is 1. The number of nitrogens with two attached hydrogens (primary N) is 3. The zero-order chi connectivity index (χ0) is 25.1. The van der Waals surface area contributed by atoms with E-state index in [4.69, 9.17) is 17.2 Å². The first-order valence-electron chi connectivity index (χ1n) is 11.1. The Balaban J connectivity index is 2.79. The van der Waals surface area contributed by atoms with Gasteiger partial charge in [-0.3, -0.25) is 19.4 Å². The van der Waals surface area contributed by atoms with Gasteiger partial charge in [0.1, 0.15) is 18.1 Å². The third-order valence-corrected chi connectivity index (χ3v) is 5.76. The molecule has 1 fully saturated rings. The van der Waals surface area contributed by atoms with Crippen molar-refractivity contribution in [1.82, 2.24) is 15.5 Å². The second kappa shape index (κ2) is 13.6. The van der Waals surface area contributed by atoms with E-state index in [0.717, 1.165) is 0 Å². The Hall–Kier alpha value is -2.93. The number of carbonyl (C=O) groups is 4. The van der Waals surface area contributed by atoms with E-state index >= 15 is 0 Å². The standard InChI is InChI=1S/C20H37N7O6/c1-3-11(2)15(21)17(30)26-13(10-28)18(31)27-9-5-7-14(27)16(29)25-12(19(32)33)6-4-8-24-20(22)23/h11-15,28H,3-10,21H2,1-2H3,(H,25,29)(H,26,30)(H,32,33)(H4,22,23,24). The van der Waals surface area contributed by atoms with Gasteiger partial charge in [-0.15, -0.1) is 0 Å². The number of nitrogens with one attached hydrogen (secondary N) is 2. The van der Waals surface area contributed by atoms with Crippen LogP contribution in [0.5, 0.6) is 0 Å². The van der Waals surface area contributed by atoms with Gasteiger partial charge in [0.05, 0.1) is 12.6 Å². The number of carboxylic acid groups (broad SMARTS) is 1. The third-order valence-electron chi connectivity index (χ3n) is 5.76. The first kappa shape index (κ1) is 28.1. The topological polar surface area (TPSA) is 226 Å². The highest BCUT2D eigenvalue weighted by Crippen LogP contribution is 2.19. The summed E-state index contributed by atoms with van der Waals surface area (Å²) in [5.74, 6) is -3.26. The molecule has 13 heteroatoms. The average Bonchev–Trinajstić information content (AvgIpc) is 3.27. The predicted molar refractivity (Wildman–Crippen MR) is 121 cm³/mol. The molecule has 1 rings (SSSR count). The number of rotatable bonds is 13. The molecule has 1 heterocycles. The molecule has 0 bridgehead atoms. The normalized spacial score (nSPS) is 19.2. The number of guanidine groups is 1. The molecule has 0 aromatic heterocycles. The van der Waals surface area contributed by atoms with E-state index in [2.05, 4.69) is 15.6 Å². The lowest BCUT2D eigenvalue weighted by Gasteiger charge is -2.29. The van der Waals surface area contributed by atoms with Crippen LogP contribution in [-0.2, 0) is 19.2 Å². The van der Waals surface area contributed by atoms with Gasteiger partial charge in [0, 0.05) is 13.1 Å². The summed E-state index contributed by atoms with van der Waals surface area (Å²) in [6.07, 6.45) is 1.94. The molecule has 1 saturated heterocycles. The second-order valence-electron chi connectivity index (χ2n) is 8.19. The number of amides is 3. The van der Waals surface area contributed by atoms with Crippen LogP contribution >= 0.6 is 0 Å². The summed E-state index contributed by atoms with van der Waals surface area (Å²) in [7, 11) is 0. The summed E-state index contributed by atoms with van der Waals surface area (Å²) in [5.41, 5.74) is 16.4. The summed E-state index contributed by atoms with van der Waals surface area (Å²) in [6, 6.07) is -4.18. The minimum atomic E-state index is -1.25. The van der Waals surface area contributed by atoms with E-state index in [1.807, 2.05) is 6.92 Å². The molecule has 33 heavy (non-hydrogen) atoms. The van der Waals surface area contributed by atoms with Crippen LogP contribution in [0.25, 0.3) is 0 Å². The molecule has 1 aliphatic rings. The number of carbonyl (C=O) groups excluding carboxylic acids is 3. The monoisotopic (exact) mass is 471 g/mol. The molecule has 188 valence electrons. The van der Waals surface area contributed by atoms with Crippen molar-refractivity contribution in [2.45, 2.75) is 70.1 Å². The van der Waals surface area contributed by atoms with E-state index in [0.29, 0.717) is 25.7 Å². The van der Waals surface area contributed by atoms with Crippen LogP contribution in [0.15, 0.2) is 4.99 Å². The Bertz CT molecular complexity index is 728. The number of likely N-dealkylation sites (tertiary alicyclic amines) is 1. The fourth-order valence-corrected chi connectivity index (χ4v) is 3.50. The minimum absolute atomic E-state index is 0.0986. The highest BCUT2D eigenvalue weighted by atomic mass is 16.4. The van der Waals surface area contributed by atoms with Gasteiger partial charge in [-0.2, -0.15) is 0 Å². The lowest BCUT2D eigenvalue weighted by atomic mass is 9.99. The Kier molecular flexibility index (Phi) is 11.6. The van der Waals surface area contributed by atoms with Crippen molar-refractivity contribution in [3.05, 3.63) is 0 Å². The molecule has 5 atom stereocenters. The maximum atomic E-state index is 13.0. The molecule has 10 N–H and O–H groups in total. The van der Waals surface area contributed by atoms with Crippen LogP contribution in [0.2, 0.25) is 0 Å². The molecule has 0 radical (unpaired) electrons. The molecule has 0 spiro atoms. The van der Waals surface area contributed by atoms with Crippen molar-refractivity contribution in [1.29, 1.82) is 0 Å². The number of hydrogen-bond acceptors (Lipinski definition) is 7. The van der Waals surface area contributed by atoms with Crippen LogP contribution in [0.4, 0.5) is 0 Å². The Labute approximate surface area is 193 Å². The van der Waals surface area contributed by atoms with Gasteiger partial charge in [-0.1, -0.05) is 20.3 Å². The van der Waals surface area contributed by atoms with Gasteiger partial charge in [-0.05, 0) is 31.6 Å². The number of aliphatic hydroxyl groups is 1. The number of aliphatic carboxylic acids is 1. The summed E-state index contributed by atoms with van der Waals surface area (Å²) < 4.78 is 0. The zero-order valence-electron chi connectivity index (χ0n) is 19.2. The van der Waals surface area contributed by atoms with E-state index in [9.17, 15) is 29.4 Å². The van der Waals surface area contributed by atoms with Gasteiger partial charge in [0.15, 0.2) is 5.96 Å². The first-order chi connectivity index (χ1) is 15.5. The van der Waals surface area contributed by atoms with E-state index < -0.39 is 54.5 Å². The maximum Gasteiger partial charge on any atom is 0.326 e. The van der Waals surface area contributed by atoms with E-state index in [1.54, 1.807) is 6.92 Å². The highest BCUT2D eigenvalue weighted by molar-refractivity contribution is 5.94. The highest BCUT2D eigenvalue weighted by Gasteiger charge is 2.39. The first-order valence-corrected chi connectivity index (χ1v) is 11.1. The molecular weight excluding hydrogens is 434 g/mol. The largest absolute Gasteiger partial charge is 0.480 e. The maximum absolute atomic E-state index is 13.0. The Morgan fingerprint density at radius 2 is 1.85 bits per heavy atom. The van der Waals surface area contributed by atoms with Crippen LogP contribution in [-0.4, -0.2) is 88.6 Å². The van der Waals surface area contributed by atoms with Gasteiger partial charge in [0.25, 0.3) is 0 Å². The van der Waals surface area contributed by atoms with Crippen molar-refractivity contribution < 1.29 is 29.4 Å². The lowest BCUT2D eigenvalue weighted by molar-refractivity contribution is -0.145. The average molecular weight is 472 g/mol. The van der Waals surface area contributed by atoms with Crippen LogP contribution < -0.4 is 27.8 Å². The summed E-state index contributed by atoms with van der Waals surface area (Å²) in [5, 5.41) is 24.0. The molecule has 5 unspecified atom stereocenters. The van der Waals surface area contributed by atoms with Crippen molar-refractivity contribution >= 4 is 29.7 Å². The smallest absolute Gasteiger partial charge is 0.326 e. The zero-order valence-corrected chi connectivity index (χ0v) is 19.2. The molecule has 0 aromatic carbocycles. The predicted octanol–water partition coefficient (Wildman–Crippen LogP) is -2.55. The number of hydrogen-bond donors (Lipinski definition) is 7. The summed E-state index contributed by atoms with van der Waals surface area (Å²) >= 11 is 0. The van der Waals surface area contributed by atoms with E-state index in [1.165, 1.54) is 4.90 Å². The fraction of sp³-hybridized carbons (Fsp3) is 0.750. The van der Waals surface area contributed by atoms with Gasteiger partial charge in [-0.25, -0.2) is 4.79 Å². The van der Waals surface area contributed by atoms with Crippen LogP contribution in [0, 0.1) is 5.92 Å². The van der Waals surface area contributed by atoms with Crippen molar-refractivity contribution in [3.63, 3.8) is 0 Å². The summed E-state index contributed by atoms with van der Waals surface area (Å²) in [4.78, 5) is 54.7. The fourth-order valence-electron chi connectivity index (χ4n) is 3.50. The molecular formula is C20H37N7O6. The molecule has 0 aliphatic carbocycles. The van der Waals surface area contributed by atoms with Gasteiger partial charge < -0.3 is 42.9 Å². The van der Waals surface area contributed by atoms with Crippen molar-refractivity contribution in [2.75, 3.05) is 19.7 Å². The van der Waals surface area contributed by atoms with Gasteiger partial charge in [0.2, 0.25) is 17.7 Å². The third kappa shape index (κ3) is 8.50. The molecule has 13 nitrogen and oxygen atoms in total. The van der Waals surface area contributed by atoms with E-state index in [-0.39, 0.29) is 31.4 Å². The number of aliphatic hydroxyl groups excluding tert-OH is 1. The number of carboxylic acids is 1. The Morgan fingerprint density at radius 1 is 1.18 bits per heavy atom. The SMILES string of the molecule is CCC(C)C(N)C(=O)NC(CO)C(=O)N1CCCC1C(=O)NC(CCCN=C(N)N)C(=O)O. The summed E-state index contributed by atoms with van der Waals surface area (Å²) in [6.45, 7) is 3.48. The number of nitrogens with zero attached hydrogens (tertiary/aromatic N) is 2. The molecule has 1 aliphatic heterocycles. The lowest BCUT2D eigenvalue weighted by Crippen LogP contribution is -2.58. The Morgan fingerprint density at radius 3 is 2.39 bits per heavy atom.